The molecule has 20 heavy (non-hydrogen) atoms. The number of carbonyl (C=O) groups excluding carboxylic acids is 2. The Kier molecular flexibility index (Phi) is 4.65. The molecule has 1 aliphatic heterocycles. The van der Waals surface area contributed by atoms with E-state index in [-0.39, 0.29) is 0 Å². The van der Waals surface area contributed by atoms with Crippen molar-refractivity contribution in [3.63, 3.8) is 0 Å². The van der Waals surface area contributed by atoms with Crippen LogP contribution >= 0.6 is 11.6 Å². The Bertz CT molecular complexity index is 531. The molecule has 0 aliphatic carbocycles. The highest BCUT2D eigenvalue weighted by Gasteiger charge is 2.26. The molecule has 2 amide bonds. The fraction of sp³-hybridized carbons (Fsp3) is 0.467. The molecule has 1 aromatic carbocycles. The van der Waals surface area contributed by atoms with E-state index in [2.05, 4.69) is 12.2 Å². The molecule has 0 radical (unpaired) electrons. The molecular weight excluding hydrogens is 276 g/mol. The third-order valence-corrected chi connectivity index (χ3v) is 4.06. The van der Waals surface area contributed by atoms with E-state index in [1.54, 1.807) is 23.1 Å². The Labute approximate surface area is 124 Å². The van der Waals surface area contributed by atoms with Crippen LogP contribution in [0.1, 0.15) is 25.3 Å². The van der Waals surface area contributed by atoms with Crippen LogP contribution in [0.3, 0.4) is 0 Å². The first kappa shape index (κ1) is 14.9. The van der Waals surface area contributed by atoms with Crippen molar-refractivity contribution in [3.05, 3.63) is 28.8 Å². The van der Waals surface area contributed by atoms with Gasteiger partial charge in [-0.2, -0.15) is 0 Å². The van der Waals surface area contributed by atoms with Gasteiger partial charge in [0, 0.05) is 23.8 Å². The zero-order valence-electron chi connectivity index (χ0n) is 11.8. The minimum atomic E-state index is -0.593. The summed E-state index contributed by atoms with van der Waals surface area (Å²) in [7, 11) is 0. The average Bonchev–Trinajstić information content (AvgIpc) is 2.43. The smallest absolute Gasteiger partial charge is 0.313 e. The molecule has 2 rings (SSSR count). The van der Waals surface area contributed by atoms with Gasteiger partial charge in [-0.15, -0.1) is 0 Å². The van der Waals surface area contributed by atoms with Gasteiger partial charge in [0.15, 0.2) is 0 Å². The highest BCUT2D eigenvalue weighted by molar-refractivity contribution is 6.40. The zero-order chi connectivity index (χ0) is 14.7. The second kappa shape index (κ2) is 6.27. The van der Waals surface area contributed by atoms with Crippen molar-refractivity contribution in [1.82, 2.24) is 4.90 Å². The van der Waals surface area contributed by atoms with Gasteiger partial charge in [0.1, 0.15) is 0 Å². The summed E-state index contributed by atoms with van der Waals surface area (Å²) in [5.41, 5.74) is 1.35. The van der Waals surface area contributed by atoms with Gasteiger partial charge in [0.25, 0.3) is 0 Å². The number of nitrogens with one attached hydrogen (secondary N) is 1. The first-order chi connectivity index (χ1) is 9.49. The molecule has 1 aromatic rings. The van der Waals surface area contributed by atoms with Gasteiger partial charge < -0.3 is 10.2 Å². The van der Waals surface area contributed by atoms with Gasteiger partial charge in [0.2, 0.25) is 0 Å². The number of likely N-dealkylation sites (tertiary alicyclic amines) is 1. The van der Waals surface area contributed by atoms with Crippen molar-refractivity contribution in [3.8, 4) is 0 Å². The lowest BCUT2D eigenvalue weighted by Gasteiger charge is -2.30. The zero-order valence-corrected chi connectivity index (χ0v) is 12.5. The summed E-state index contributed by atoms with van der Waals surface area (Å²) < 4.78 is 0. The maximum atomic E-state index is 12.1. The predicted octanol–water partition coefficient (Wildman–Crippen LogP) is 2.85. The van der Waals surface area contributed by atoms with Gasteiger partial charge in [-0.3, -0.25) is 9.59 Å². The fourth-order valence-corrected chi connectivity index (χ4v) is 2.61. The van der Waals surface area contributed by atoms with Crippen LogP contribution in [0.25, 0.3) is 0 Å². The maximum Gasteiger partial charge on any atom is 0.313 e. The number of hydrogen-bond donors (Lipinski definition) is 1. The van der Waals surface area contributed by atoms with E-state index in [0.717, 1.165) is 18.4 Å². The summed E-state index contributed by atoms with van der Waals surface area (Å²) >= 11 is 6.00. The van der Waals surface area contributed by atoms with E-state index < -0.39 is 11.8 Å². The van der Waals surface area contributed by atoms with Crippen LogP contribution < -0.4 is 5.32 Å². The normalized spacial score (nSPS) is 18.8. The molecule has 0 spiro atoms. The predicted molar refractivity (Wildman–Crippen MR) is 79.8 cm³/mol. The summed E-state index contributed by atoms with van der Waals surface area (Å²) in [5, 5.41) is 3.22. The first-order valence-corrected chi connectivity index (χ1v) is 7.22. The van der Waals surface area contributed by atoms with Crippen molar-refractivity contribution in [1.29, 1.82) is 0 Å². The van der Waals surface area contributed by atoms with Gasteiger partial charge in [0.05, 0.1) is 0 Å². The van der Waals surface area contributed by atoms with Crippen LogP contribution in [0.2, 0.25) is 5.02 Å². The molecule has 1 N–H and O–H groups in total. The number of rotatable bonds is 1. The summed E-state index contributed by atoms with van der Waals surface area (Å²) in [6.45, 7) is 5.22. The second-order valence-electron chi connectivity index (χ2n) is 5.37. The van der Waals surface area contributed by atoms with E-state index in [4.69, 9.17) is 11.6 Å². The van der Waals surface area contributed by atoms with E-state index in [1.807, 2.05) is 6.92 Å². The number of halogens is 1. The van der Waals surface area contributed by atoms with E-state index >= 15 is 0 Å². The number of carbonyl (C=O) groups is 2. The molecule has 1 fully saturated rings. The summed E-state index contributed by atoms with van der Waals surface area (Å²) in [6, 6.07) is 5.24. The van der Waals surface area contributed by atoms with Gasteiger partial charge in [-0.1, -0.05) is 24.6 Å². The molecule has 0 bridgehead atoms. The monoisotopic (exact) mass is 294 g/mol. The molecule has 4 nitrogen and oxygen atoms in total. The topological polar surface area (TPSA) is 49.4 Å². The minimum Gasteiger partial charge on any atom is -0.334 e. The van der Waals surface area contributed by atoms with Gasteiger partial charge >= 0.3 is 11.8 Å². The van der Waals surface area contributed by atoms with E-state index in [0.29, 0.717) is 29.7 Å². The Morgan fingerprint density at radius 2 is 2.15 bits per heavy atom. The third-order valence-electron chi connectivity index (χ3n) is 3.65. The average molecular weight is 295 g/mol. The van der Waals surface area contributed by atoms with Crippen LogP contribution in [-0.4, -0.2) is 29.8 Å². The molecule has 1 atom stereocenters. The number of amides is 2. The maximum absolute atomic E-state index is 12.1. The van der Waals surface area contributed by atoms with Crippen LogP contribution in [-0.2, 0) is 9.59 Å². The third kappa shape index (κ3) is 3.31. The van der Waals surface area contributed by atoms with Gasteiger partial charge in [-0.05, 0) is 43.4 Å². The molecule has 1 unspecified atom stereocenters. The minimum absolute atomic E-state index is 0.452. The lowest BCUT2D eigenvalue weighted by atomic mass is 10.0. The number of nitrogens with zero attached hydrogens (tertiary/aromatic N) is 1. The molecule has 5 heteroatoms. The standard InChI is InChI=1S/C15H19ClN2O2/c1-10-5-4-8-18(9-10)15(20)14(19)17-13-7-3-6-12(16)11(13)2/h3,6-7,10H,4-5,8-9H2,1-2H3,(H,17,19). The SMILES string of the molecule is Cc1c(Cl)cccc1NC(=O)C(=O)N1CCCC(C)C1. The first-order valence-electron chi connectivity index (χ1n) is 6.84. The molecule has 1 aliphatic rings. The largest absolute Gasteiger partial charge is 0.334 e. The molecule has 1 saturated heterocycles. The van der Waals surface area contributed by atoms with Crippen LogP contribution in [0, 0.1) is 12.8 Å². The van der Waals surface area contributed by atoms with Crippen molar-refractivity contribution >= 4 is 29.1 Å². The Hall–Kier alpha value is -1.55. The number of anilines is 1. The quantitative estimate of drug-likeness (QED) is 0.810. The van der Waals surface area contributed by atoms with E-state index in [1.165, 1.54) is 0 Å². The molecule has 1 heterocycles. The van der Waals surface area contributed by atoms with Crippen LogP contribution in [0.5, 0.6) is 0 Å². The Morgan fingerprint density at radius 1 is 1.40 bits per heavy atom. The highest BCUT2D eigenvalue weighted by atomic mass is 35.5. The molecule has 108 valence electrons. The van der Waals surface area contributed by atoms with Crippen molar-refractivity contribution < 1.29 is 9.59 Å². The van der Waals surface area contributed by atoms with Crippen LogP contribution in [0.15, 0.2) is 18.2 Å². The second-order valence-corrected chi connectivity index (χ2v) is 5.77. The van der Waals surface area contributed by atoms with Crippen LogP contribution in [0.4, 0.5) is 5.69 Å². The molecule has 0 aromatic heterocycles. The van der Waals surface area contributed by atoms with E-state index in [9.17, 15) is 9.59 Å². The highest BCUT2D eigenvalue weighted by Crippen LogP contribution is 2.23. The van der Waals surface area contributed by atoms with Gasteiger partial charge in [-0.25, -0.2) is 0 Å². The number of piperidine rings is 1. The summed E-state index contributed by atoms with van der Waals surface area (Å²) in [6.07, 6.45) is 2.06. The number of benzene rings is 1. The Balaban J connectivity index is 2.04. The van der Waals surface area contributed by atoms with Crippen molar-refractivity contribution in [2.24, 2.45) is 5.92 Å². The lowest BCUT2D eigenvalue weighted by Crippen LogP contribution is -2.44. The summed E-state index contributed by atoms with van der Waals surface area (Å²) in [5.74, 6) is -0.603. The fourth-order valence-electron chi connectivity index (χ4n) is 2.44. The summed E-state index contributed by atoms with van der Waals surface area (Å²) in [4.78, 5) is 25.8. The Morgan fingerprint density at radius 3 is 2.85 bits per heavy atom. The lowest BCUT2D eigenvalue weighted by molar-refractivity contribution is -0.144. The van der Waals surface area contributed by atoms with Crippen molar-refractivity contribution in [2.45, 2.75) is 26.7 Å². The number of hydrogen-bond acceptors (Lipinski definition) is 2. The molecular formula is C15H19ClN2O2. The van der Waals surface area contributed by atoms with Crippen molar-refractivity contribution in [2.75, 3.05) is 18.4 Å². The molecule has 0 saturated carbocycles.